The fourth-order valence-electron chi connectivity index (χ4n) is 4.18. The second-order valence-corrected chi connectivity index (χ2v) is 9.27. The highest BCUT2D eigenvalue weighted by atomic mass is 35.5. The molecule has 0 saturated carbocycles. The van der Waals surface area contributed by atoms with Gasteiger partial charge in [0.1, 0.15) is 17.1 Å². The molecule has 5 nitrogen and oxygen atoms in total. The van der Waals surface area contributed by atoms with Crippen molar-refractivity contribution in [2.24, 2.45) is 0 Å². The Balaban J connectivity index is 1.68. The van der Waals surface area contributed by atoms with E-state index in [1.165, 1.54) is 6.07 Å². The van der Waals surface area contributed by atoms with Gasteiger partial charge in [-0.05, 0) is 48.4 Å². The number of aromatic nitrogens is 2. The number of halogens is 3. The van der Waals surface area contributed by atoms with Crippen LogP contribution in [0.4, 0.5) is 0 Å². The van der Waals surface area contributed by atoms with Crippen LogP contribution >= 0.6 is 34.8 Å². The molecule has 0 bridgehead atoms. The fraction of sp³-hybridized carbons (Fsp3) is 0.120. The molecule has 1 unspecified atom stereocenters. The van der Waals surface area contributed by atoms with Crippen molar-refractivity contribution in [3.05, 3.63) is 104 Å². The van der Waals surface area contributed by atoms with Crippen molar-refractivity contribution >= 4 is 40.7 Å². The van der Waals surface area contributed by atoms with Gasteiger partial charge in [0.2, 0.25) is 0 Å². The first-order chi connectivity index (χ1) is 15.8. The van der Waals surface area contributed by atoms with Crippen molar-refractivity contribution in [1.82, 2.24) is 15.1 Å². The van der Waals surface area contributed by atoms with Gasteiger partial charge in [-0.1, -0.05) is 70.7 Å². The van der Waals surface area contributed by atoms with Crippen LogP contribution in [0.25, 0.3) is 11.3 Å². The molecule has 166 valence electrons. The number of fused-ring (bicyclic) bond motifs is 1. The first-order valence-corrected chi connectivity index (χ1v) is 11.4. The minimum atomic E-state index is -0.490. The van der Waals surface area contributed by atoms with Crippen LogP contribution in [-0.4, -0.2) is 26.1 Å². The summed E-state index contributed by atoms with van der Waals surface area (Å²) >= 11 is 18.7. The summed E-state index contributed by atoms with van der Waals surface area (Å²) in [4.78, 5) is 15.3. The predicted molar refractivity (Wildman–Crippen MR) is 130 cm³/mol. The summed E-state index contributed by atoms with van der Waals surface area (Å²) in [6.07, 6.45) is 0. The number of rotatable bonds is 4. The van der Waals surface area contributed by atoms with Gasteiger partial charge in [0.15, 0.2) is 0 Å². The van der Waals surface area contributed by atoms with E-state index in [-0.39, 0.29) is 11.7 Å². The molecule has 1 aliphatic rings. The van der Waals surface area contributed by atoms with Gasteiger partial charge >= 0.3 is 0 Å². The Morgan fingerprint density at radius 3 is 2.48 bits per heavy atom. The quantitative estimate of drug-likeness (QED) is 0.325. The fourth-order valence-corrected chi connectivity index (χ4v) is 4.66. The zero-order valence-electron chi connectivity index (χ0n) is 17.4. The summed E-state index contributed by atoms with van der Waals surface area (Å²) in [5, 5.41) is 19.0. The third-order valence-electron chi connectivity index (χ3n) is 5.81. The Bertz CT molecular complexity index is 1380. The highest BCUT2D eigenvalue weighted by molar-refractivity contribution is 6.42. The van der Waals surface area contributed by atoms with Gasteiger partial charge in [-0.2, -0.15) is 5.10 Å². The molecule has 0 saturated heterocycles. The van der Waals surface area contributed by atoms with Crippen molar-refractivity contribution < 1.29 is 9.90 Å². The molecule has 2 heterocycles. The Morgan fingerprint density at radius 1 is 1.00 bits per heavy atom. The number of nitrogens with one attached hydrogen (secondary N) is 1. The third kappa shape index (κ3) is 3.86. The molecule has 5 rings (SSSR count). The minimum absolute atomic E-state index is 0.0195. The molecule has 3 aromatic carbocycles. The molecule has 0 spiro atoms. The lowest BCUT2D eigenvalue weighted by molar-refractivity contribution is 0.0730. The summed E-state index contributed by atoms with van der Waals surface area (Å²) in [6, 6.07) is 17.6. The average molecular weight is 499 g/mol. The highest BCUT2D eigenvalue weighted by Gasteiger charge is 2.42. The van der Waals surface area contributed by atoms with Gasteiger partial charge in [-0.15, -0.1) is 0 Å². The Kier molecular flexibility index (Phi) is 5.57. The summed E-state index contributed by atoms with van der Waals surface area (Å²) in [5.41, 5.74) is 4.84. The topological polar surface area (TPSA) is 69.2 Å². The van der Waals surface area contributed by atoms with Crippen molar-refractivity contribution in [3.63, 3.8) is 0 Å². The molecule has 0 aliphatic carbocycles. The first-order valence-electron chi connectivity index (χ1n) is 10.2. The number of aromatic hydroxyl groups is 1. The summed E-state index contributed by atoms with van der Waals surface area (Å²) in [5.74, 6) is -0.173. The van der Waals surface area contributed by atoms with E-state index in [9.17, 15) is 9.90 Å². The van der Waals surface area contributed by atoms with Crippen LogP contribution in [0.15, 0.2) is 60.7 Å². The van der Waals surface area contributed by atoms with E-state index in [4.69, 9.17) is 34.8 Å². The molecule has 0 radical (unpaired) electrons. The number of benzene rings is 3. The van der Waals surface area contributed by atoms with Crippen LogP contribution < -0.4 is 0 Å². The van der Waals surface area contributed by atoms with Crippen LogP contribution in [0.3, 0.4) is 0 Å². The minimum Gasteiger partial charge on any atom is -0.507 e. The van der Waals surface area contributed by atoms with Crippen LogP contribution in [0.1, 0.15) is 38.8 Å². The van der Waals surface area contributed by atoms with Crippen molar-refractivity contribution in [3.8, 4) is 17.0 Å². The molecular weight excluding hydrogens is 481 g/mol. The first kappa shape index (κ1) is 21.8. The number of phenols is 1. The number of amides is 1. The molecule has 8 heteroatoms. The van der Waals surface area contributed by atoms with Gasteiger partial charge < -0.3 is 10.0 Å². The number of H-pyrrole nitrogens is 1. The zero-order chi connectivity index (χ0) is 23.3. The standard InChI is InChI=1S/C25H18Cl3N3O2/c1-13-2-4-14(5-3-13)12-31-24(15-6-8-18(27)19(28)10-15)21-22(29-30-23(21)25(31)33)17-11-16(26)7-9-20(17)32/h2-11,24,32H,12H2,1H3,(H,29,30). The normalized spacial score (nSPS) is 15.2. The SMILES string of the molecule is Cc1ccc(CN2C(=O)c3[nH]nc(-c4cc(Cl)ccc4O)c3C2c2ccc(Cl)c(Cl)c2)cc1. The molecule has 4 aromatic rings. The summed E-state index contributed by atoms with van der Waals surface area (Å²) in [7, 11) is 0. The molecule has 1 atom stereocenters. The Morgan fingerprint density at radius 2 is 1.76 bits per heavy atom. The van der Waals surface area contributed by atoms with Crippen molar-refractivity contribution in [2.75, 3.05) is 0 Å². The van der Waals surface area contributed by atoms with Gasteiger partial charge in [-0.25, -0.2) is 0 Å². The molecule has 1 aliphatic heterocycles. The average Bonchev–Trinajstić information content (AvgIpc) is 3.33. The number of carbonyl (C=O) groups excluding carboxylic acids is 1. The number of hydrogen-bond acceptors (Lipinski definition) is 3. The smallest absolute Gasteiger partial charge is 0.273 e. The number of nitrogens with zero attached hydrogens (tertiary/aromatic N) is 2. The lowest BCUT2D eigenvalue weighted by atomic mass is 9.95. The molecule has 2 N–H and O–H groups in total. The van der Waals surface area contributed by atoms with Gasteiger partial charge in [0.05, 0.1) is 16.1 Å². The maximum atomic E-state index is 13.5. The monoisotopic (exact) mass is 497 g/mol. The summed E-state index contributed by atoms with van der Waals surface area (Å²) < 4.78 is 0. The van der Waals surface area contributed by atoms with Crippen molar-refractivity contribution in [2.45, 2.75) is 19.5 Å². The van der Waals surface area contributed by atoms with Crippen molar-refractivity contribution in [1.29, 1.82) is 0 Å². The molecule has 0 fully saturated rings. The number of phenolic OH excluding ortho intramolecular Hbond substituents is 1. The summed E-state index contributed by atoms with van der Waals surface area (Å²) in [6.45, 7) is 2.40. The second kappa shape index (κ2) is 8.41. The largest absolute Gasteiger partial charge is 0.507 e. The predicted octanol–water partition coefficient (Wildman–Crippen LogP) is 6.80. The van der Waals surface area contributed by atoms with E-state index in [0.29, 0.717) is 44.1 Å². The molecule has 1 aromatic heterocycles. The maximum absolute atomic E-state index is 13.5. The van der Waals surface area contributed by atoms with E-state index in [1.54, 1.807) is 29.2 Å². The highest BCUT2D eigenvalue weighted by Crippen LogP contribution is 2.46. The van der Waals surface area contributed by atoms with E-state index in [1.807, 2.05) is 37.3 Å². The molecular formula is C25H18Cl3N3O2. The number of carbonyl (C=O) groups is 1. The third-order valence-corrected chi connectivity index (χ3v) is 6.78. The molecule has 1 amide bonds. The Labute approximate surface area is 205 Å². The Hall–Kier alpha value is -2.99. The van der Waals surface area contributed by atoms with Gasteiger partial charge in [0, 0.05) is 22.7 Å². The zero-order valence-corrected chi connectivity index (χ0v) is 19.7. The van der Waals surface area contributed by atoms with Gasteiger partial charge in [0.25, 0.3) is 5.91 Å². The van der Waals surface area contributed by atoms with E-state index in [0.717, 1.165) is 16.7 Å². The number of hydrogen-bond donors (Lipinski definition) is 2. The van der Waals surface area contributed by atoms with Crippen LogP contribution in [0.5, 0.6) is 5.75 Å². The lowest BCUT2D eigenvalue weighted by Crippen LogP contribution is -2.29. The maximum Gasteiger partial charge on any atom is 0.273 e. The van der Waals surface area contributed by atoms with E-state index < -0.39 is 6.04 Å². The number of aromatic amines is 1. The number of aryl methyl sites for hydroxylation is 1. The van der Waals surface area contributed by atoms with Crippen LogP contribution in [0.2, 0.25) is 15.1 Å². The van der Waals surface area contributed by atoms with Crippen LogP contribution in [-0.2, 0) is 6.54 Å². The second-order valence-electron chi connectivity index (χ2n) is 8.02. The van der Waals surface area contributed by atoms with Crippen LogP contribution in [0, 0.1) is 6.92 Å². The van der Waals surface area contributed by atoms with E-state index in [2.05, 4.69) is 10.2 Å². The molecule has 33 heavy (non-hydrogen) atoms. The van der Waals surface area contributed by atoms with Gasteiger partial charge in [-0.3, -0.25) is 9.89 Å². The lowest BCUT2D eigenvalue weighted by Gasteiger charge is -2.27. The van der Waals surface area contributed by atoms with E-state index >= 15 is 0 Å².